The first-order valence-corrected chi connectivity index (χ1v) is 9.16. The average Bonchev–Trinajstić information content (AvgIpc) is 3.17. The van der Waals surface area contributed by atoms with E-state index in [1.54, 1.807) is 36.4 Å². The van der Waals surface area contributed by atoms with Crippen molar-refractivity contribution >= 4 is 40.2 Å². The number of amides is 1. The molecule has 29 heavy (non-hydrogen) atoms. The van der Waals surface area contributed by atoms with Crippen molar-refractivity contribution in [3.05, 3.63) is 89.0 Å². The monoisotopic (exact) mass is 399 g/mol. The fraction of sp³-hybridized carbons (Fsp3) is 0. The summed E-state index contributed by atoms with van der Waals surface area (Å²) in [5, 5.41) is 17.4. The zero-order chi connectivity index (χ0) is 20.2. The van der Waals surface area contributed by atoms with E-state index in [2.05, 4.69) is 10.5 Å². The van der Waals surface area contributed by atoms with Gasteiger partial charge in [-0.2, -0.15) is 5.26 Å². The minimum Gasteiger partial charge on any atom is -0.355 e. The van der Waals surface area contributed by atoms with E-state index in [1.807, 2.05) is 42.5 Å². The molecule has 1 amide bonds. The van der Waals surface area contributed by atoms with Crippen LogP contribution in [-0.4, -0.2) is 11.1 Å². The van der Waals surface area contributed by atoms with Gasteiger partial charge in [-0.15, -0.1) is 0 Å². The molecular weight excluding hydrogens is 386 g/mol. The van der Waals surface area contributed by atoms with Gasteiger partial charge < -0.3 is 9.84 Å². The fourth-order valence-corrected chi connectivity index (χ4v) is 3.10. The molecule has 5 nitrogen and oxygen atoms in total. The average molecular weight is 400 g/mol. The quantitative estimate of drug-likeness (QED) is 0.353. The maximum atomic E-state index is 12.5. The number of para-hydroxylation sites is 1. The van der Waals surface area contributed by atoms with Gasteiger partial charge in [-0.1, -0.05) is 65.3 Å². The van der Waals surface area contributed by atoms with Gasteiger partial charge in [0, 0.05) is 5.56 Å². The Morgan fingerprint density at radius 3 is 2.59 bits per heavy atom. The summed E-state index contributed by atoms with van der Waals surface area (Å²) < 4.78 is 5.50. The Balaban J connectivity index is 1.68. The van der Waals surface area contributed by atoms with Crippen LogP contribution < -0.4 is 5.32 Å². The van der Waals surface area contributed by atoms with Crippen LogP contribution in [0.2, 0.25) is 5.02 Å². The van der Waals surface area contributed by atoms with Crippen LogP contribution in [0, 0.1) is 11.3 Å². The molecular formula is C23H14ClN3O2. The summed E-state index contributed by atoms with van der Waals surface area (Å²) in [6.45, 7) is 0. The lowest BCUT2D eigenvalue weighted by atomic mass is 10.0. The lowest BCUT2D eigenvalue weighted by Crippen LogP contribution is -2.13. The number of nitrogens with one attached hydrogen (secondary N) is 1. The number of carbonyl (C=O) groups excluding carboxylic acids is 1. The molecule has 0 saturated heterocycles. The van der Waals surface area contributed by atoms with Crippen LogP contribution in [0.15, 0.2) is 82.9 Å². The van der Waals surface area contributed by atoms with Gasteiger partial charge in [0.05, 0.1) is 16.1 Å². The predicted molar refractivity (Wildman–Crippen MR) is 113 cm³/mol. The Morgan fingerprint density at radius 2 is 1.83 bits per heavy atom. The minimum absolute atomic E-state index is 0.0398. The molecule has 0 bridgehead atoms. The summed E-state index contributed by atoms with van der Waals surface area (Å²) in [7, 11) is 0. The number of benzene rings is 3. The number of carbonyl (C=O) groups is 1. The molecule has 4 rings (SSSR count). The van der Waals surface area contributed by atoms with E-state index in [4.69, 9.17) is 16.1 Å². The normalized spacial score (nSPS) is 11.2. The van der Waals surface area contributed by atoms with Crippen LogP contribution in [0.25, 0.3) is 28.3 Å². The standard InChI is InChI=1S/C23H14ClN3O2/c24-19-8-4-5-9-21(19)26-23(28)17(14-25)12-15-10-11-20-18(13-15)22(29-27-20)16-6-2-1-3-7-16/h1-13H,(H,26,28)/b17-12+. The van der Waals surface area contributed by atoms with Crippen LogP contribution in [0.4, 0.5) is 5.69 Å². The van der Waals surface area contributed by atoms with Crippen LogP contribution in [0.5, 0.6) is 0 Å². The predicted octanol–water partition coefficient (Wildman–Crippen LogP) is 5.69. The van der Waals surface area contributed by atoms with Crippen molar-refractivity contribution in [2.75, 3.05) is 5.32 Å². The van der Waals surface area contributed by atoms with Crippen molar-refractivity contribution in [1.82, 2.24) is 5.16 Å². The van der Waals surface area contributed by atoms with E-state index in [0.29, 0.717) is 27.6 Å². The lowest BCUT2D eigenvalue weighted by Gasteiger charge is -2.06. The highest BCUT2D eigenvalue weighted by atomic mass is 35.5. The molecule has 0 unspecified atom stereocenters. The van der Waals surface area contributed by atoms with Gasteiger partial charge in [0.1, 0.15) is 17.2 Å². The van der Waals surface area contributed by atoms with Crippen LogP contribution in [0.3, 0.4) is 0 Å². The SMILES string of the molecule is N#C/C(=C\c1ccc2noc(-c3ccccc3)c2c1)C(=O)Nc1ccccc1Cl. The van der Waals surface area contributed by atoms with Crippen molar-refractivity contribution in [2.24, 2.45) is 0 Å². The number of aromatic nitrogens is 1. The number of halogens is 1. The fourth-order valence-electron chi connectivity index (χ4n) is 2.91. The molecule has 3 aromatic carbocycles. The van der Waals surface area contributed by atoms with Gasteiger partial charge >= 0.3 is 0 Å². The van der Waals surface area contributed by atoms with E-state index >= 15 is 0 Å². The molecule has 0 aliphatic rings. The van der Waals surface area contributed by atoms with Gasteiger partial charge in [-0.25, -0.2) is 0 Å². The van der Waals surface area contributed by atoms with Gasteiger partial charge in [-0.05, 0) is 35.9 Å². The maximum Gasteiger partial charge on any atom is 0.266 e. The number of fused-ring (bicyclic) bond motifs is 1. The lowest BCUT2D eigenvalue weighted by molar-refractivity contribution is -0.112. The highest BCUT2D eigenvalue weighted by Crippen LogP contribution is 2.30. The molecule has 0 radical (unpaired) electrons. The number of hydrogen-bond acceptors (Lipinski definition) is 4. The third-order valence-corrected chi connectivity index (χ3v) is 4.66. The van der Waals surface area contributed by atoms with Gasteiger partial charge in [0.15, 0.2) is 5.76 Å². The minimum atomic E-state index is -0.533. The zero-order valence-electron chi connectivity index (χ0n) is 15.1. The van der Waals surface area contributed by atoms with E-state index in [9.17, 15) is 10.1 Å². The molecule has 0 aliphatic carbocycles. The van der Waals surface area contributed by atoms with E-state index in [0.717, 1.165) is 10.9 Å². The van der Waals surface area contributed by atoms with E-state index < -0.39 is 5.91 Å². The first kappa shape index (κ1) is 18.5. The van der Waals surface area contributed by atoms with Crippen LogP contribution in [0.1, 0.15) is 5.56 Å². The summed E-state index contributed by atoms with van der Waals surface area (Å²) in [6.07, 6.45) is 1.52. The smallest absolute Gasteiger partial charge is 0.266 e. The third-order valence-electron chi connectivity index (χ3n) is 4.33. The second-order valence-electron chi connectivity index (χ2n) is 6.26. The van der Waals surface area contributed by atoms with Gasteiger partial charge in [0.2, 0.25) is 0 Å². The molecule has 0 spiro atoms. The van der Waals surface area contributed by atoms with Crippen molar-refractivity contribution in [3.63, 3.8) is 0 Å². The number of hydrogen-bond donors (Lipinski definition) is 1. The van der Waals surface area contributed by atoms with Crippen molar-refractivity contribution in [1.29, 1.82) is 5.26 Å². The van der Waals surface area contributed by atoms with Crippen molar-refractivity contribution in [3.8, 4) is 17.4 Å². The topological polar surface area (TPSA) is 78.9 Å². The molecule has 140 valence electrons. The summed E-state index contributed by atoms with van der Waals surface area (Å²) in [5.74, 6) is 0.101. The first-order valence-electron chi connectivity index (χ1n) is 8.78. The third kappa shape index (κ3) is 3.88. The van der Waals surface area contributed by atoms with Gasteiger partial charge in [-0.3, -0.25) is 4.79 Å². The van der Waals surface area contributed by atoms with Gasteiger partial charge in [0.25, 0.3) is 5.91 Å². The first-order chi connectivity index (χ1) is 14.2. The van der Waals surface area contributed by atoms with E-state index in [-0.39, 0.29) is 5.57 Å². The molecule has 0 fully saturated rings. The Hall–Kier alpha value is -3.88. The van der Waals surface area contributed by atoms with Crippen LogP contribution in [-0.2, 0) is 4.79 Å². The number of anilines is 1. The summed E-state index contributed by atoms with van der Waals surface area (Å²) in [6, 6.07) is 23.8. The highest BCUT2D eigenvalue weighted by molar-refractivity contribution is 6.34. The zero-order valence-corrected chi connectivity index (χ0v) is 15.9. The Labute approximate surface area is 171 Å². The largest absolute Gasteiger partial charge is 0.355 e. The van der Waals surface area contributed by atoms with Crippen molar-refractivity contribution in [2.45, 2.75) is 0 Å². The number of nitrogens with zero attached hydrogens (tertiary/aromatic N) is 2. The molecule has 1 aromatic heterocycles. The summed E-state index contributed by atoms with van der Waals surface area (Å²) >= 11 is 6.07. The number of nitriles is 1. The summed E-state index contributed by atoms with van der Waals surface area (Å²) in [5.41, 5.74) is 2.68. The molecule has 4 aromatic rings. The molecule has 0 atom stereocenters. The molecule has 1 N–H and O–H groups in total. The highest BCUT2D eigenvalue weighted by Gasteiger charge is 2.14. The molecule has 6 heteroatoms. The van der Waals surface area contributed by atoms with Crippen molar-refractivity contribution < 1.29 is 9.32 Å². The Bertz CT molecular complexity index is 1270. The maximum absolute atomic E-state index is 12.5. The summed E-state index contributed by atoms with van der Waals surface area (Å²) in [4.78, 5) is 12.5. The Kier molecular flexibility index (Phi) is 5.10. The molecule has 0 saturated carbocycles. The Morgan fingerprint density at radius 1 is 1.07 bits per heavy atom. The second-order valence-corrected chi connectivity index (χ2v) is 6.67. The second kappa shape index (κ2) is 8.01. The molecule has 1 heterocycles. The molecule has 0 aliphatic heterocycles. The van der Waals surface area contributed by atoms with Crippen LogP contribution >= 0.6 is 11.6 Å². The van der Waals surface area contributed by atoms with E-state index in [1.165, 1.54) is 6.08 Å². The number of rotatable bonds is 4.